The third kappa shape index (κ3) is 1.46. The maximum absolute atomic E-state index is 11.1. The summed E-state index contributed by atoms with van der Waals surface area (Å²) in [4.78, 5) is 13.7. The summed E-state index contributed by atoms with van der Waals surface area (Å²) in [6.45, 7) is 0. The number of aromatic amines is 1. The molecule has 1 aromatic carbocycles. The molecule has 1 aliphatic rings. The van der Waals surface area contributed by atoms with Crippen molar-refractivity contribution in [2.24, 2.45) is 11.1 Å². The number of nitrogens with zero attached hydrogens (tertiary/aromatic N) is 1. The van der Waals surface area contributed by atoms with E-state index in [0.29, 0.717) is 11.1 Å². The maximum Gasteiger partial charge on any atom is 0.417 e. The highest BCUT2D eigenvalue weighted by molar-refractivity contribution is 5.73. The number of hydrogen-bond donors (Lipinski definition) is 2. The van der Waals surface area contributed by atoms with E-state index in [-0.39, 0.29) is 6.04 Å². The number of nitriles is 1. The fourth-order valence-corrected chi connectivity index (χ4v) is 2.52. The summed E-state index contributed by atoms with van der Waals surface area (Å²) in [5.74, 6) is -0.477. The normalized spacial score (nSPS) is 19.1. The number of hydrogen-bond acceptors (Lipinski definition) is 4. The van der Waals surface area contributed by atoms with Gasteiger partial charge in [0.05, 0.1) is 17.0 Å². The number of nitrogens with two attached hydrogens (primary N) is 1. The van der Waals surface area contributed by atoms with Gasteiger partial charge in [-0.15, -0.1) is 0 Å². The van der Waals surface area contributed by atoms with Crippen LogP contribution in [0.25, 0.3) is 11.1 Å². The monoisotopic (exact) mass is 243 g/mol. The summed E-state index contributed by atoms with van der Waals surface area (Å²) in [6.07, 6.45) is 2.71. The molecule has 2 aromatic rings. The molecule has 1 saturated carbocycles. The maximum atomic E-state index is 11.1. The highest BCUT2D eigenvalue weighted by Crippen LogP contribution is 2.48. The van der Waals surface area contributed by atoms with Gasteiger partial charge in [0.25, 0.3) is 0 Å². The van der Waals surface area contributed by atoms with Crippen LogP contribution in [0.15, 0.2) is 27.4 Å². The Morgan fingerprint density at radius 3 is 2.89 bits per heavy atom. The fraction of sp³-hybridized carbons (Fsp3) is 0.385. The zero-order valence-electron chi connectivity index (χ0n) is 9.77. The summed E-state index contributed by atoms with van der Waals surface area (Å²) in [5.41, 5.74) is 7.71. The third-order valence-corrected chi connectivity index (χ3v) is 3.87. The van der Waals surface area contributed by atoms with E-state index in [2.05, 4.69) is 11.1 Å². The molecule has 0 spiro atoms. The molecule has 0 saturated heterocycles. The summed E-state index contributed by atoms with van der Waals surface area (Å²) >= 11 is 0. The first-order valence-corrected chi connectivity index (χ1v) is 5.94. The number of oxazole rings is 1. The summed E-state index contributed by atoms with van der Waals surface area (Å²) in [6, 6.07) is 7.36. The molecule has 18 heavy (non-hydrogen) atoms. The molecule has 1 atom stereocenters. The summed E-state index contributed by atoms with van der Waals surface area (Å²) in [5, 5.41) is 9.28. The van der Waals surface area contributed by atoms with Gasteiger partial charge >= 0.3 is 5.76 Å². The van der Waals surface area contributed by atoms with Gasteiger partial charge in [-0.1, -0.05) is 12.5 Å². The van der Waals surface area contributed by atoms with Crippen molar-refractivity contribution in [3.05, 3.63) is 34.3 Å². The Kier molecular flexibility index (Phi) is 2.28. The fourth-order valence-electron chi connectivity index (χ4n) is 2.52. The number of aromatic nitrogens is 1. The number of nitrogens with one attached hydrogen (secondary N) is 1. The Bertz CT molecular complexity index is 688. The Morgan fingerprint density at radius 2 is 2.28 bits per heavy atom. The van der Waals surface area contributed by atoms with E-state index in [1.165, 1.54) is 0 Å². The molecule has 0 aliphatic heterocycles. The second-order valence-electron chi connectivity index (χ2n) is 4.87. The summed E-state index contributed by atoms with van der Waals surface area (Å²) in [7, 11) is 0. The molecule has 5 nitrogen and oxygen atoms in total. The van der Waals surface area contributed by atoms with E-state index in [9.17, 15) is 10.1 Å². The van der Waals surface area contributed by atoms with Crippen LogP contribution in [-0.2, 0) is 0 Å². The van der Waals surface area contributed by atoms with Gasteiger partial charge in [-0.3, -0.25) is 4.98 Å². The van der Waals surface area contributed by atoms with Crippen LogP contribution in [0.4, 0.5) is 0 Å². The molecule has 1 heterocycles. The first-order valence-electron chi connectivity index (χ1n) is 5.94. The van der Waals surface area contributed by atoms with Crippen molar-refractivity contribution in [3.63, 3.8) is 0 Å². The molecular weight excluding hydrogens is 230 g/mol. The van der Waals surface area contributed by atoms with Gasteiger partial charge in [-0.2, -0.15) is 5.26 Å². The molecule has 0 radical (unpaired) electrons. The predicted molar refractivity (Wildman–Crippen MR) is 65.7 cm³/mol. The van der Waals surface area contributed by atoms with Gasteiger partial charge < -0.3 is 10.2 Å². The Labute approximate surface area is 103 Å². The molecule has 3 N–H and O–H groups in total. The molecule has 1 aromatic heterocycles. The zero-order valence-corrected chi connectivity index (χ0v) is 9.77. The first-order chi connectivity index (χ1) is 8.64. The van der Waals surface area contributed by atoms with E-state index in [1.807, 2.05) is 6.07 Å². The van der Waals surface area contributed by atoms with E-state index >= 15 is 0 Å². The van der Waals surface area contributed by atoms with E-state index in [1.54, 1.807) is 12.1 Å². The molecule has 0 bridgehead atoms. The van der Waals surface area contributed by atoms with Crippen LogP contribution >= 0.6 is 0 Å². The molecule has 92 valence electrons. The second kappa shape index (κ2) is 3.72. The average molecular weight is 243 g/mol. The van der Waals surface area contributed by atoms with Crippen LogP contribution in [0, 0.1) is 16.7 Å². The molecule has 1 unspecified atom stereocenters. The van der Waals surface area contributed by atoms with Crippen molar-refractivity contribution in [2.75, 3.05) is 0 Å². The lowest BCUT2D eigenvalue weighted by Crippen LogP contribution is -2.39. The smallest absolute Gasteiger partial charge is 0.408 e. The van der Waals surface area contributed by atoms with Crippen LogP contribution in [0.3, 0.4) is 0 Å². The predicted octanol–water partition coefficient (Wildman–Crippen LogP) is 1.81. The van der Waals surface area contributed by atoms with Gasteiger partial charge in [-0.25, -0.2) is 4.79 Å². The lowest BCUT2D eigenvalue weighted by Gasteiger charge is -2.40. The number of fused-ring (bicyclic) bond motifs is 1. The van der Waals surface area contributed by atoms with Gasteiger partial charge in [0.15, 0.2) is 5.58 Å². The molecule has 1 fully saturated rings. The highest BCUT2D eigenvalue weighted by Gasteiger charge is 2.43. The highest BCUT2D eigenvalue weighted by atomic mass is 16.4. The minimum absolute atomic E-state index is 0.333. The first kappa shape index (κ1) is 11.1. The lowest BCUT2D eigenvalue weighted by molar-refractivity contribution is 0.169. The van der Waals surface area contributed by atoms with Gasteiger partial charge in [-0.05, 0) is 30.5 Å². The Balaban J connectivity index is 2.04. The van der Waals surface area contributed by atoms with Crippen molar-refractivity contribution >= 4 is 11.1 Å². The quantitative estimate of drug-likeness (QED) is 0.840. The Hall–Kier alpha value is -2.06. The SMILES string of the molecule is N#CC1(C(N)c2ccc3[nH]c(=O)oc3c2)CCC1. The number of H-pyrrole nitrogens is 1. The minimum atomic E-state index is -0.477. The minimum Gasteiger partial charge on any atom is -0.408 e. The Morgan fingerprint density at radius 1 is 1.50 bits per heavy atom. The van der Waals surface area contributed by atoms with E-state index in [0.717, 1.165) is 24.8 Å². The molecule has 1 aliphatic carbocycles. The van der Waals surface area contributed by atoms with E-state index in [4.69, 9.17) is 10.2 Å². The van der Waals surface area contributed by atoms with Crippen molar-refractivity contribution in [2.45, 2.75) is 25.3 Å². The van der Waals surface area contributed by atoms with Crippen molar-refractivity contribution in [3.8, 4) is 6.07 Å². The standard InChI is InChI=1S/C13H13N3O2/c14-7-13(4-1-5-13)11(15)8-2-3-9-10(6-8)18-12(17)16-9/h2-3,6,11H,1,4-5,15H2,(H,16,17). The molecule has 3 rings (SSSR count). The van der Waals surface area contributed by atoms with Crippen molar-refractivity contribution < 1.29 is 4.42 Å². The van der Waals surface area contributed by atoms with Gasteiger partial charge in [0, 0.05) is 6.04 Å². The van der Waals surface area contributed by atoms with Crippen LogP contribution in [-0.4, -0.2) is 4.98 Å². The topological polar surface area (TPSA) is 95.8 Å². The van der Waals surface area contributed by atoms with Gasteiger partial charge in [0.1, 0.15) is 0 Å². The second-order valence-corrected chi connectivity index (χ2v) is 4.87. The lowest BCUT2D eigenvalue weighted by atomic mass is 9.64. The van der Waals surface area contributed by atoms with Crippen LogP contribution in [0.5, 0.6) is 0 Å². The van der Waals surface area contributed by atoms with Crippen LogP contribution in [0.2, 0.25) is 0 Å². The zero-order chi connectivity index (χ0) is 12.8. The van der Waals surface area contributed by atoms with Crippen molar-refractivity contribution in [1.82, 2.24) is 4.98 Å². The van der Waals surface area contributed by atoms with Crippen molar-refractivity contribution in [1.29, 1.82) is 5.26 Å². The number of rotatable bonds is 2. The molecule has 5 heteroatoms. The molecular formula is C13H13N3O2. The molecule has 0 amide bonds. The number of benzene rings is 1. The van der Waals surface area contributed by atoms with Gasteiger partial charge in [0.2, 0.25) is 0 Å². The van der Waals surface area contributed by atoms with Crippen LogP contribution in [0.1, 0.15) is 30.9 Å². The third-order valence-electron chi connectivity index (χ3n) is 3.87. The van der Waals surface area contributed by atoms with Crippen LogP contribution < -0.4 is 11.5 Å². The van der Waals surface area contributed by atoms with E-state index < -0.39 is 11.2 Å². The largest absolute Gasteiger partial charge is 0.417 e. The summed E-state index contributed by atoms with van der Waals surface area (Å²) < 4.78 is 5.01. The average Bonchev–Trinajstić information content (AvgIpc) is 2.67.